The van der Waals surface area contributed by atoms with E-state index in [1.165, 1.54) is 0 Å². The van der Waals surface area contributed by atoms with Crippen molar-refractivity contribution in [3.8, 4) is 0 Å². The van der Waals surface area contributed by atoms with Gasteiger partial charge in [0.2, 0.25) is 0 Å². The molecule has 114 valence electrons. The molecular weight excluding hydrogens is 276 g/mol. The van der Waals surface area contributed by atoms with Crippen molar-refractivity contribution in [1.29, 1.82) is 0 Å². The Morgan fingerprint density at radius 1 is 1.48 bits per heavy atom. The van der Waals surface area contributed by atoms with Crippen LogP contribution in [0, 0.1) is 17.0 Å². The molecule has 1 N–H and O–H groups in total. The van der Waals surface area contributed by atoms with Crippen LogP contribution in [-0.4, -0.2) is 41.8 Å². The minimum absolute atomic E-state index is 0.0961. The number of nitrogens with zero attached hydrogens (tertiary/aromatic N) is 2. The number of hydrogen-bond donors (Lipinski definition) is 1. The Kier molecular flexibility index (Phi) is 4.74. The summed E-state index contributed by atoms with van der Waals surface area (Å²) in [6.45, 7) is 2.67. The van der Waals surface area contributed by atoms with Crippen molar-refractivity contribution in [2.75, 3.05) is 24.6 Å². The Balaban J connectivity index is 2.04. The average Bonchev–Trinajstić information content (AvgIpc) is 2.45. The van der Waals surface area contributed by atoms with Crippen molar-refractivity contribution in [2.45, 2.75) is 25.9 Å². The van der Waals surface area contributed by atoms with Gasteiger partial charge in [-0.2, -0.15) is 0 Å². The minimum Gasteiger partial charge on any atom is -0.480 e. The topological polar surface area (TPSA) is 92.9 Å². The predicted molar refractivity (Wildman–Crippen MR) is 76.7 cm³/mol. The van der Waals surface area contributed by atoms with E-state index in [2.05, 4.69) is 0 Å². The number of aryl methyl sites for hydroxylation is 1. The molecule has 1 aliphatic heterocycles. The van der Waals surface area contributed by atoms with E-state index in [1.807, 2.05) is 11.0 Å². The summed E-state index contributed by atoms with van der Waals surface area (Å²) in [6.07, 6.45) is 1.23. The van der Waals surface area contributed by atoms with Gasteiger partial charge in [-0.3, -0.25) is 10.1 Å². The quantitative estimate of drug-likeness (QED) is 0.659. The Morgan fingerprint density at radius 3 is 2.71 bits per heavy atom. The number of carboxylic acid groups (broad SMARTS) is 1. The number of aliphatic carboxylic acids is 1. The fraction of sp³-hybridized carbons (Fsp3) is 0.500. The zero-order valence-corrected chi connectivity index (χ0v) is 11.8. The van der Waals surface area contributed by atoms with Gasteiger partial charge in [0.25, 0.3) is 5.69 Å². The van der Waals surface area contributed by atoms with Crippen LogP contribution in [0.25, 0.3) is 0 Å². The highest BCUT2D eigenvalue weighted by atomic mass is 16.6. The Hall–Kier alpha value is -2.15. The highest BCUT2D eigenvalue weighted by Gasteiger charge is 2.26. The van der Waals surface area contributed by atoms with E-state index < -0.39 is 5.97 Å². The maximum Gasteiger partial charge on any atom is 0.329 e. The standard InChI is InChI=1S/C14H18N2O5/c1-10-3-2-4-12(14(10)16(19)20)15-7-5-11(6-8-15)21-9-13(17)18/h2-4,11H,5-9H2,1H3,(H,17,18). The third kappa shape index (κ3) is 3.69. The molecule has 1 aromatic rings. The smallest absolute Gasteiger partial charge is 0.329 e. The first-order chi connectivity index (χ1) is 9.99. The first kappa shape index (κ1) is 15.2. The molecule has 2 rings (SSSR count). The van der Waals surface area contributed by atoms with E-state index in [0.29, 0.717) is 37.2 Å². The summed E-state index contributed by atoms with van der Waals surface area (Å²) < 4.78 is 5.27. The molecule has 1 aliphatic rings. The largest absolute Gasteiger partial charge is 0.480 e. The van der Waals surface area contributed by atoms with Crippen molar-refractivity contribution >= 4 is 17.3 Å². The summed E-state index contributed by atoms with van der Waals surface area (Å²) in [7, 11) is 0. The number of hydrogen-bond acceptors (Lipinski definition) is 5. The minimum atomic E-state index is -0.980. The van der Waals surface area contributed by atoms with E-state index in [1.54, 1.807) is 19.1 Å². The van der Waals surface area contributed by atoms with Crippen molar-refractivity contribution in [3.05, 3.63) is 33.9 Å². The normalized spacial score (nSPS) is 16.0. The summed E-state index contributed by atoms with van der Waals surface area (Å²) in [6, 6.07) is 5.29. The Morgan fingerprint density at radius 2 is 2.14 bits per heavy atom. The van der Waals surface area contributed by atoms with Crippen LogP contribution in [0.5, 0.6) is 0 Å². The maximum absolute atomic E-state index is 11.2. The highest BCUT2D eigenvalue weighted by Crippen LogP contribution is 2.33. The third-order valence-electron chi connectivity index (χ3n) is 3.62. The molecule has 0 bridgehead atoms. The fourth-order valence-electron chi connectivity index (χ4n) is 2.59. The van der Waals surface area contributed by atoms with Crippen LogP contribution in [0.15, 0.2) is 18.2 Å². The van der Waals surface area contributed by atoms with Gasteiger partial charge in [-0.05, 0) is 25.8 Å². The third-order valence-corrected chi connectivity index (χ3v) is 3.62. The summed E-state index contributed by atoms with van der Waals surface area (Å²) in [5.41, 5.74) is 1.40. The van der Waals surface area contributed by atoms with Gasteiger partial charge in [0.05, 0.1) is 11.0 Å². The van der Waals surface area contributed by atoms with Crippen LogP contribution < -0.4 is 4.90 Å². The van der Waals surface area contributed by atoms with Crippen molar-refractivity contribution in [1.82, 2.24) is 0 Å². The van der Waals surface area contributed by atoms with Crippen LogP contribution in [0.4, 0.5) is 11.4 Å². The molecular formula is C14H18N2O5. The average molecular weight is 294 g/mol. The first-order valence-corrected chi connectivity index (χ1v) is 6.81. The SMILES string of the molecule is Cc1cccc(N2CCC(OCC(=O)O)CC2)c1[N+](=O)[O-]. The summed E-state index contributed by atoms with van der Waals surface area (Å²) in [5, 5.41) is 19.8. The molecule has 0 unspecified atom stereocenters. The van der Waals surface area contributed by atoms with Crippen LogP contribution in [-0.2, 0) is 9.53 Å². The highest BCUT2D eigenvalue weighted by molar-refractivity contribution is 5.68. The molecule has 21 heavy (non-hydrogen) atoms. The number of carbonyl (C=O) groups is 1. The van der Waals surface area contributed by atoms with E-state index in [9.17, 15) is 14.9 Å². The van der Waals surface area contributed by atoms with Crippen LogP contribution in [0.2, 0.25) is 0 Å². The number of para-hydroxylation sites is 1. The molecule has 7 nitrogen and oxygen atoms in total. The molecule has 1 fully saturated rings. The second-order valence-corrected chi connectivity index (χ2v) is 5.09. The van der Waals surface area contributed by atoms with Gasteiger partial charge in [-0.25, -0.2) is 4.79 Å². The van der Waals surface area contributed by atoms with Gasteiger partial charge < -0.3 is 14.7 Å². The molecule has 0 spiro atoms. The predicted octanol–water partition coefficient (Wildman–Crippen LogP) is 1.97. The second kappa shape index (κ2) is 6.53. The first-order valence-electron chi connectivity index (χ1n) is 6.81. The molecule has 0 aliphatic carbocycles. The van der Waals surface area contributed by atoms with E-state index in [-0.39, 0.29) is 23.3 Å². The Bertz CT molecular complexity index is 538. The Labute approximate surface area is 122 Å². The fourth-order valence-corrected chi connectivity index (χ4v) is 2.59. The summed E-state index contributed by atoms with van der Waals surface area (Å²) >= 11 is 0. The lowest BCUT2D eigenvalue weighted by Crippen LogP contribution is -2.38. The molecule has 0 radical (unpaired) electrons. The lowest BCUT2D eigenvalue weighted by molar-refractivity contribution is -0.384. The maximum atomic E-state index is 11.2. The van der Waals surface area contributed by atoms with Gasteiger partial charge in [0, 0.05) is 18.7 Å². The van der Waals surface area contributed by atoms with Crippen LogP contribution >= 0.6 is 0 Å². The lowest BCUT2D eigenvalue weighted by atomic mass is 10.1. The number of nitro benzene ring substituents is 1. The molecule has 0 amide bonds. The van der Waals surface area contributed by atoms with Gasteiger partial charge in [0.15, 0.2) is 0 Å². The van der Waals surface area contributed by atoms with Crippen LogP contribution in [0.1, 0.15) is 18.4 Å². The molecule has 0 atom stereocenters. The summed E-state index contributed by atoms with van der Waals surface area (Å²) in [4.78, 5) is 23.3. The van der Waals surface area contributed by atoms with E-state index in [4.69, 9.17) is 9.84 Å². The van der Waals surface area contributed by atoms with Crippen molar-refractivity contribution in [3.63, 3.8) is 0 Å². The van der Waals surface area contributed by atoms with Crippen LogP contribution in [0.3, 0.4) is 0 Å². The van der Waals surface area contributed by atoms with Crippen molar-refractivity contribution in [2.24, 2.45) is 0 Å². The van der Waals surface area contributed by atoms with Gasteiger partial charge in [0.1, 0.15) is 12.3 Å². The van der Waals surface area contributed by atoms with Crippen molar-refractivity contribution < 1.29 is 19.6 Å². The number of nitro groups is 1. The van der Waals surface area contributed by atoms with E-state index >= 15 is 0 Å². The summed E-state index contributed by atoms with van der Waals surface area (Å²) in [5.74, 6) is -0.980. The zero-order valence-electron chi connectivity index (χ0n) is 11.8. The molecule has 0 aromatic heterocycles. The van der Waals surface area contributed by atoms with Gasteiger partial charge in [-0.15, -0.1) is 0 Å². The number of benzene rings is 1. The number of rotatable bonds is 5. The lowest BCUT2D eigenvalue weighted by Gasteiger charge is -2.33. The molecule has 1 saturated heterocycles. The van der Waals surface area contributed by atoms with E-state index in [0.717, 1.165) is 0 Å². The molecule has 0 saturated carbocycles. The molecule has 7 heteroatoms. The number of ether oxygens (including phenoxy) is 1. The van der Waals surface area contributed by atoms with Gasteiger partial charge >= 0.3 is 5.97 Å². The zero-order chi connectivity index (χ0) is 15.4. The van der Waals surface area contributed by atoms with Gasteiger partial charge in [-0.1, -0.05) is 12.1 Å². The number of carboxylic acids is 1. The second-order valence-electron chi connectivity index (χ2n) is 5.09. The monoisotopic (exact) mass is 294 g/mol. The molecule has 1 aromatic carbocycles. The molecule has 1 heterocycles. The number of piperidine rings is 1. The number of anilines is 1.